The molecule has 0 aliphatic carbocycles. The molecule has 142 valence electrons. The molecule has 0 saturated heterocycles. The molecule has 0 radical (unpaired) electrons. The number of nitrogens with two attached hydrogens (primary N) is 1. The summed E-state index contributed by atoms with van der Waals surface area (Å²) in [5, 5.41) is 2.86. The van der Waals surface area contributed by atoms with E-state index >= 15 is 0 Å². The average Bonchev–Trinajstić information content (AvgIpc) is 2.66. The number of sulfone groups is 1. The first-order chi connectivity index (χ1) is 12.5. The zero-order valence-corrected chi connectivity index (χ0v) is 18.9. The molecule has 0 bridgehead atoms. The number of rotatable bonds is 8. The Bertz CT molecular complexity index is 913. The number of aromatic nitrogens is 2. The fourth-order valence-electron chi connectivity index (χ4n) is 2.19. The second-order valence-corrected chi connectivity index (χ2v) is 7.89. The Morgan fingerprint density at radius 2 is 2.11 bits per heavy atom. The van der Waals surface area contributed by atoms with Gasteiger partial charge in [-0.25, -0.2) is 24.5 Å². The van der Waals surface area contributed by atoms with Gasteiger partial charge in [0.05, 0.1) is 5.75 Å². The Hall–Kier alpha value is -2.05. The first kappa shape index (κ1) is 23.0. The first-order valence-electron chi connectivity index (χ1n) is 8.08. The quantitative estimate of drug-likeness (QED) is 0.222. The van der Waals surface area contributed by atoms with Gasteiger partial charge in [-0.15, -0.1) is 18.2 Å². The van der Waals surface area contributed by atoms with E-state index in [1.54, 1.807) is 26.2 Å². The Labute approximate surface area is 174 Å². The normalized spacial score (nSPS) is 12.0. The minimum atomic E-state index is -3.02. The maximum Gasteiger partial charge on any atom is 2.00 e. The van der Waals surface area contributed by atoms with E-state index in [2.05, 4.69) is 32.7 Å². The molecule has 27 heavy (non-hydrogen) atoms. The molecular formula is C18H21N5O2SW. The molecule has 0 fully saturated rings. The van der Waals surface area contributed by atoms with Crippen molar-refractivity contribution in [2.45, 2.75) is 13.3 Å². The van der Waals surface area contributed by atoms with E-state index in [0.717, 1.165) is 11.1 Å². The van der Waals surface area contributed by atoms with Gasteiger partial charge in [0, 0.05) is 12.8 Å². The summed E-state index contributed by atoms with van der Waals surface area (Å²) in [7, 11) is -1.29. The van der Waals surface area contributed by atoms with Crippen molar-refractivity contribution in [1.29, 1.82) is 0 Å². The van der Waals surface area contributed by atoms with Crippen LogP contribution in [-0.2, 0) is 37.3 Å². The zero-order chi connectivity index (χ0) is 19.0. The van der Waals surface area contributed by atoms with Gasteiger partial charge in [0.1, 0.15) is 9.84 Å². The van der Waals surface area contributed by atoms with Gasteiger partial charge in [0.2, 0.25) is 5.95 Å². The number of nitrogens with one attached hydrogen (secondary N) is 1. The Kier molecular flexibility index (Phi) is 9.32. The fourth-order valence-corrected chi connectivity index (χ4v) is 3.03. The van der Waals surface area contributed by atoms with Crippen LogP contribution in [0, 0.1) is 6.08 Å². The summed E-state index contributed by atoms with van der Waals surface area (Å²) in [5.74, 6) is 0.715. The van der Waals surface area contributed by atoms with Gasteiger partial charge in [-0.05, 0) is 12.6 Å². The third-order valence-corrected chi connectivity index (χ3v) is 5.35. The van der Waals surface area contributed by atoms with Gasteiger partial charge < -0.3 is 16.0 Å². The minimum Gasteiger partial charge on any atom is -0.473 e. The molecule has 0 aliphatic heterocycles. The third-order valence-electron chi connectivity index (χ3n) is 3.64. The number of aliphatic imine (C=N–C) groups is 1. The van der Waals surface area contributed by atoms with Crippen molar-refractivity contribution in [2.75, 3.05) is 23.9 Å². The summed E-state index contributed by atoms with van der Waals surface area (Å²) in [6.45, 7) is 1.65. The molecule has 3 N–H and O–H groups in total. The van der Waals surface area contributed by atoms with Crippen molar-refractivity contribution >= 4 is 27.8 Å². The van der Waals surface area contributed by atoms with E-state index in [0.29, 0.717) is 23.8 Å². The maximum atomic E-state index is 11.7. The second-order valence-electron chi connectivity index (χ2n) is 5.42. The zero-order valence-electron chi connectivity index (χ0n) is 15.1. The SMILES string of the molecule is CCS(=O)(=O)CCc1cccc(C(=[C-]c2ccnc(NC)n2)N=[C-]N)c1.[W+2]. The predicted molar refractivity (Wildman–Crippen MR) is 103 cm³/mol. The number of hydrogen-bond donors (Lipinski definition) is 2. The van der Waals surface area contributed by atoms with E-state index in [1.165, 1.54) is 0 Å². The summed E-state index contributed by atoms with van der Waals surface area (Å²) < 4.78 is 23.4. The van der Waals surface area contributed by atoms with Gasteiger partial charge in [0.15, 0.2) is 0 Å². The van der Waals surface area contributed by atoms with Crippen LogP contribution in [0.5, 0.6) is 0 Å². The summed E-state index contributed by atoms with van der Waals surface area (Å²) >= 11 is 0. The van der Waals surface area contributed by atoms with E-state index in [4.69, 9.17) is 5.73 Å². The van der Waals surface area contributed by atoms with E-state index < -0.39 is 9.84 Å². The van der Waals surface area contributed by atoms with Gasteiger partial charge in [-0.1, -0.05) is 36.7 Å². The largest absolute Gasteiger partial charge is 2.00 e. The fraction of sp³-hybridized carbons (Fsp3) is 0.278. The van der Waals surface area contributed by atoms with Crippen LogP contribution in [0.1, 0.15) is 23.7 Å². The number of aryl methyl sites for hydroxylation is 1. The third kappa shape index (κ3) is 7.23. The molecule has 0 atom stereocenters. The maximum absolute atomic E-state index is 11.7. The van der Waals surface area contributed by atoms with E-state index in [-0.39, 0.29) is 32.6 Å². The molecule has 1 aromatic carbocycles. The van der Waals surface area contributed by atoms with Gasteiger partial charge in [-0.2, -0.15) is 11.3 Å². The number of nitrogens with zero attached hydrogens (tertiary/aromatic N) is 3. The van der Waals surface area contributed by atoms with Crippen LogP contribution in [0.15, 0.2) is 41.5 Å². The predicted octanol–water partition coefficient (Wildman–Crippen LogP) is 1.55. The van der Waals surface area contributed by atoms with Crippen molar-refractivity contribution in [3.05, 3.63) is 59.4 Å². The van der Waals surface area contributed by atoms with Crippen molar-refractivity contribution in [1.82, 2.24) is 9.97 Å². The van der Waals surface area contributed by atoms with Crippen molar-refractivity contribution in [3.63, 3.8) is 0 Å². The molecule has 2 aromatic rings. The molecule has 1 aromatic heterocycles. The Balaban J connectivity index is 0.00000364. The monoisotopic (exact) mass is 555 g/mol. The second kappa shape index (κ2) is 10.9. The van der Waals surface area contributed by atoms with Crippen LogP contribution in [0.4, 0.5) is 5.95 Å². The molecule has 2 rings (SSSR count). The molecule has 0 aliphatic rings. The number of hydrogen-bond acceptors (Lipinski definition) is 6. The summed E-state index contributed by atoms with van der Waals surface area (Å²) in [4.78, 5) is 12.4. The first-order valence-corrected chi connectivity index (χ1v) is 9.90. The van der Waals surface area contributed by atoms with Crippen molar-refractivity contribution < 1.29 is 29.5 Å². The van der Waals surface area contributed by atoms with Crippen LogP contribution < -0.4 is 11.1 Å². The Morgan fingerprint density at radius 1 is 1.33 bits per heavy atom. The van der Waals surface area contributed by atoms with Gasteiger partial charge in [-0.3, -0.25) is 0 Å². The molecule has 0 unspecified atom stereocenters. The number of benzene rings is 1. The van der Waals surface area contributed by atoms with Crippen molar-refractivity contribution in [3.8, 4) is 0 Å². The van der Waals surface area contributed by atoms with E-state index in [1.807, 2.05) is 24.3 Å². The van der Waals surface area contributed by atoms with Crippen LogP contribution in [-0.4, -0.2) is 43.3 Å². The summed E-state index contributed by atoms with van der Waals surface area (Å²) in [6.07, 6.45) is 7.40. The topological polar surface area (TPSA) is 110 Å². The van der Waals surface area contributed by atoms with Crippen LogP contribution in [0.2, 0.25) is 0 Å². The number of anilines is 1. The standard InChI is InChI=1S/C18H21N5O2S.W/c1-3-26(24,25)10-8-14-5-4-6-15(11-14)17(22-13-19)12-16-7-9-21-18(20-2)23-16;/h4-7,9,11H,3,8,10H2,1-2H3,(H2,19,22)(H,20,21,23);/q-2;+2. The summed E-state index contributed by atoms with van der Waals surface area (Å²) in [5.41, 5.74) is 7.98. The molecular weight excluding hydrogens is 534 g/mol. The van der Waals surface area contributed by atoms with Crippen LogP contribution in [0.3, 0.4) is 0 Å². The van der Waals surface area contributed by atoms with Gasteiger partial charge in [0.25, 0.3) is 0 Å². The Morgan fingerprint density at radius 3 is 2.78 bits per heavy atom. The molecule has 0 saturated carbocycles. The summed E-state index contributed by atoms with van der Waals surface area (Å²) in [6, 6.07) is 9.14. The minimum absolute atomic E-state index is 0. The molecule has 0 amide bonds. The van der Waals surface area contributed by atoms with E-state index in [9.17, 15) is 8.42 Å². The molecule has 0 spiro atoms. The molecule has 7 nitrogen and oxygen atoms in total. The average molecular weight is 555 g/mol. The van der Waals surface area contributed by atoms with Crippen LogP contribution >= 0.6 is 0 Å². The molecule has 9 heteroatoms. The van der Waals surface area contributed by atoms with Crippen LogP contribution in [0.25, 0.3) is 5.70 Å². The van der Waals surface area contributed by atoms with Crippen molar-refractivity contribution in [2.24, 2.45) is 10.7 Å². The smallest absolute Gasteiger partial charge is 0.473 e. The van der Waals surface area contributed by atoms with Gasteiger partial charge >= 0.3 is 21.1 Å². The molecule has 1 heterocycles.